The molecule has 4 aromatic rings. The Morgan fingerprint density at radius 2 is 1.39 bits per heavy atom. The summed E-state index contributed by atoms with van der Waals surface area (Å²) in [6.07, 6.45) is 0. The fourth-order valence-corrected chi connectivity index (χ4v) is 3.75. The first-order chi connectivity index (χ1) is 11.3. The molecule has 0 spiro atoms. The van der Waals surface area contributed by atoms with Crippen molar-refractivity contribution in [2.24, 2.45) is 0 Å². The molecule has 112 valence electrons. The summed E-state index contributed by atoms with van der Waals surface area (Å²) in [6.45, 7) is 0.618. The van der Waals surface area contributed by atoms with Gasteiger partial charge in [-0.2, -0.15) is 0 Å². The Kier molecular flexibility index (Phi) is 3.56. The number of hydrogen-bond donors (Lipinski definition) is 0. The quantitative estimate of drug-likeness (QED) is 0.533. The van der Waals surface area contributed by atoms with Gasteiger partial charge in [0.15, 0.2) is 0 Å². The number of fused-ring (bicyclic) bond motifs is 1. The van der Waals surface area contributed by atoms with Crippen LogP contribution in [0.4, 0.5) is 0 Å². The van der Waals surface area contributed by atoms with Crippen molar-refractivity contribution >= 4 is 21.6 Å². The van der Waals surface area contributed by atoms with Crippen LogP contribution in [0.25, 0.3) is 21.2 Å². The van der Waals surface area contributed by atoms with Crippen LogP contribution in [0, 0.1) is 0 Å². The summed E-state index contributed by atoms with van der Waals surface area (Å²) in [5.74, 6) is 0. The van der Waals surface area contributed by atoms with Crippen molar-refractivity contribution in [3.8, 4) is 11.1 Å². The average molecular weight is 317 g/mol. The van der Waals surface area contributed by atoms with E-state index in [4.69, 9.17) is 0 Å². The van der Waals surface area contributed by atoms with E-state index < -0.39 is 0 Å². The fourth-order valence-electron chi connectivity index (χ4n) is 2.72. The van der Waals surface area contributed by atoms with Crippen molar-refractivity contribution in [2.45, 2.75) is 6.54 Å². The molecule has 1 heterocycles. The maximum absolute atomic E-state index is 12.4. The van der Waals surface area contributed by atoms with Gasteiger partial charge in [-0.3, -0.25) is 8.75 Å². The zero-order chi connectivity index (χ0) is 15.6. The van der Waals surface area contributed by atoms with E-state index in [0.29, 0.717) is 6.54 Å². The number of hydrogen-bond acceptors (Lipinski definition) is 2. The summed E-state index contributed by atoms with van der Waals surface area (Å²) in [5.41, 5.74) is 3.63. The number of benzene rings is 3. The largest absolute Gasteiger partial charge is 0.268 e. The Balaban J connectivity index is 1.64. The Morgan fingerprint density at radius 1 is 0.739 bits per heavy atom. The van der Waals surface area contributed by atoms with Crippen LogP contribution in [0.15, 0.2) is 83.7 Å². The highest BCUT2D eigenvalue weighted by Gasteiger charge is 2.07. The summed E-state index contributed by atoms with van der Waals surface area (Å²) in [6, 6.07) is 26.5. The maximum atomic E-state index is 12.4. The number of rotatable bonds is 3. The summed E-state index contributed by atoms with van der Waals surface area (Å²) in [4.78, 5) is 12.4. The van der Waals surface area contributed by atoms with Crippen LogP contribution in [-0.2, 0) is 6.54 Å². The van der Waals surface area contributed by atoms with Crippen LogP contribution in [-0.4, -0.2) is 3.96 Å². The summed E-state index contributed by atoms with van der Waals surface area (Å²) >= 11 is 1.52. The molecule has 0 bridgehead atoms. The summed E-state index contributed by atoms with van der Waals surface area (Å²) in [7, 11) is 0. The molecule has 0 aliphatic heterocycles. The van der Waals surface area contributed by atoms with E-state index in [-0.39, 0.29) is 5.56 Å². The van der Waals surface area contributed by atoms with Crippen molar-refractivity contribution in [2.75, 3.05) is 0 Å². The van der Waals surface area contributed by atoms with E-state index in [1.807, 2.05) is 46.4 Å². The van der Waals surface area contributed by atoms with Crippen LogP contribution in [0.5, 0.6) is 0 Å². The van der Waals surface area contributed by atoms with Gasteiger partial charge in [0.2, 0.25) is 0 Å². The summed E-state index contributed by atoms with van der Waals surface area (Å²) in [5, 5.41) is 0.804. The van der Waals surface area contributed by atoms with Gasteiger partial charge in [-0.25, -0.2) is 0 Å². The van der Waals surface area contributed by atoms with Gasteiger partial charge in [0, 0.05) is 0 Å². The summed E-state index contributed by atoms with van der Waals surface area (Å²) < 4.78 is 2.86. The Labute approximate surface area is 138 Å². The molecule has 0 aliphatic carbocycles. The zero-order valence-corrected chi connectivity index (χ0v) is 13.3. The van der Waals surface area contributed by atoms with Crippen LogP contribution in [0.3, 0.4) is 0 Å². The minimum atomic E-state index is 0.0951. The van der Waals surface area contributed by atoms with E-state index in [1.54, 1.807) is 0 Å². The Morgan fingerprint density at radius 3 is 2.13 bits per heavy atom. The zero-order valence-electron chi connectivity index (χ0n) is 12.5. The molecular weight excluding hydrogens is 302 g/mol. The monoisotopic (exact) mass is 317 g/mol. The number of nitrogens with zero attached hydrogens (tertiary/aromatic N) is 1. The molecule has 0 radical (unpaired) electrons. The molecule has 0 N–H and O–H groups in total. The van der Waals surface area contributed by atoms with E-state index in [0.717, 1.165) is 15.6 Å². The predicted molar refractivity (Wildman–Crippen MR) is 97.1 cm³/mol. The van der Waals surface area contributed by atoms with E-state index in [1.165, 1.54) is 22.7 Å². The van der Waals surface area contributed by atoms with Crippen molar-refractivity contribution in [3.63, 3.8) is 0 Å². The topological polar surface area (TPSA) is 22.0 Å². The SMILES string of the molecule is O=c1c2ccccc2sn1Cc1ccc(-c2ccccc2)cc1. The van der Waals surface area contributed by atoms with Gasteiger partial charge in [0.1, 0.15) is 0 Å². The highest BCUT2D eigenvalue weighted by molar-refractivity contribution is 7.13. The molecule has 0 fully saturated rings. The Hall–Kier alpha value is -2.65. The molecule has 4 rings (SSSR count). The van der Waals surface area contributed by atoms with Crippen molar-refractivity contribution < 1.29 is 0 Å². The fraction of sp³-hybridized carbons (Fsp3) is 0.0500. The molecule has 0 amide bonds. The van der Waals surface area contributed by atoms with Gasteiger partial charge >= 0.3 is 0 Å². The third-order valence-electron chi connectivity index (χ3n) is 3.94. The van der Waals surface area contributed by atoms with Gasteiger partial charge in [-0.05, 0) is 28.8 Å². The van der Waals surface area contributed by atoms with Crippen LogP contribution in [0.1, 0.15) is 5.56 Å². The molecule has 0 saturated carbocycles. The van der Waals surface area contributed by atoms with Crippen molar-refractivity contribution in [3.05, 3.63) is 94.8 Å². The van der Waals surface area contributed by atoms with Gasteiger partial charge in [0.25, 0.3) is 5.56 Å². The number of aromatic nitrogens is 1. The minimum Gasteiger partial charge on any atom is -0.268 e. The van der Waals surface area contributed by atoms with Crippen LogP contribution >= 0.6 is 11.5 Å². The lowest BCUT2D eigenvalue weighted by atomic mass is 10.0. The van der Waals surface area contributed by atoms with Crippen molar-refractivity contribution in [1.29, 1.82) is 0 Å². The lowest BCUT2D eigenvalue weighted by Gasteiger charge is -2.04. The van der Waals surface area contributed by atoms with Gasteiger partial charge in [-0.15, -0.1) is 0 Å². The van der Waals surface area contributed by atoms with Crippen LogP contribution in [0.2, 0.25) is 0 Å². The van der Waals surface area contributed by atoms with Crippen molar-refractivity contribution in [1.82, 2.24) is 3.96 Å². The molecule has 0 aliphatic rings. The molecule has 0 saturated heterocycles. The first kappa shape index (κ1) is 14.0. The molecule has 3 aromatic carbocycles. The first-order valence-electron chi connectivity index (χ1n) is 7.54. The molecule has 0 unspecified atom stereocenters. The van der Waals surface area contributed by atoms with Crippen LogP contribution < -0.4 is 5.56 Å². The predicted octanol–water partition coefficient (Wildman–Crippen LogP) is 4.78. The third kappa shape index (κ3) is 2.71. The van der Waals surface area contributed by atoms with Gasteiger partial charge < -0.3 is 0 Å². The third-order valence-corrected chi connectivity index (χ3v) is 5.01. The highest BCUT2D eigenvalue weighted by atomic mass is 32.1. The molecule has 3 heteroatoms. The highest BCUT2D eigenvalue weighted by Crippen LogP contribution is 2.21. The van der Waals surface area contributed by atoms with E-state index >= 15 is 0 Å². The van der Waals surface area contributed by atoms with Gasteiger partial charge in [0.05, 0.1) is 16.6 Å². The second kappa shape index (κ2) is 5.86. The average Bonchev–Trinajstić information content (AvgIpc) is 2.93. The van der Waals surface area contributed by atoms with E-state index in [2.05, 4.69) is 36.4 Å². The first-order valence-corrected chi connectivity index (χ1v) is 8.32. The lowest BCUT2D eigenvalue weighted by molar-refractivity contribution is 0.854. The molecular formula is C20H15NOS. The standard InChI is InChI=1S/C20H15NOS/c22-20-18-8-4-5-9-19(18)23-21(20)14-15-10-12-17(13-11-15)16-6-2-1-3-7-16/h1-13H,14H2. The smallest absolute Gasteiger partial charge is 0.268 e. The minimum absolute atomic E-state index is 0.0951. The van der Waals surface area contributed by atoms with E-state index in [9.17, 15) is 4.79 Å². The molecule has 1 aromatic heterocycles. The molecule has 23 heavy (non-hydrogen) atoms. The lowest BCUT2D eigenvalue weighted by Crippen LogP contribution is -2.13. The normalized spacial score (nSPS) is 11.0. The van der Waals surface area contributed by atoms with Gasteiger partial charge in [-0.1, -0.05) is 78.3 Å². The maximum Gasteiger partial charge on any atom is 0.268 e. The molecule has 2 nitrogen and oxygen atoms in total. The Bertz CT molecular complexity index is 997. The molecule has 0 atom stereocenters. The second-order valence-electron chi connectivity index (χ2n) is 5.49. The second-order valence-corrected chi connectivity index (χ2v) is 6.56.